The summed E-state index contributed by atoms with van der Waals surface area (Å²) in [4.78, 5) is 30.1. The van der Waals surface area contributed by atoms with Crippen molar-refractivity contribution in [3.05, 3.63) is 77.9 Å². The number of likely N-dealkylation sites (N-methyl/N-ethyl adjacent to an activating group) is 1. The van der Waals surface area contributed by atoms with E-state index in [2.05, 4.69) is 16.8 Å². The fourth-order valence-electron chi connectivity index (χ4n) is 4.96. The Kier molecular flexibility index (Phi) is 9.51. The van der Waals surface area contributed by atoms with E-state index in [-0.39, 0.29) is 18.0 Å². The van der Waals surface area contributed by atoms with Gasteiger partial charge in [0.25, 0.3) is 0 Å². The predicted octanol–water partition coefficient (Wildman–Crippen LogP) is 5.62. The van der Waals surface area contributed by atoms with E-state index in [9.17, 15) is 9.59 Å². The second-order valence-electron chi connectivity index (χ2n) is 9.95. The van der Waals surface area contributed by atoms with Crippen LogP contribution in [-0.4, -0.2) is 55.8 Å². The van der Waals surface area contributed by atoms with Gasteiger partial charge in [-0.15, -0.1) is 6.58 Å². The Hall–Kier alpha value is -3.16. The molecule has 1 aliphatic rings. The molecule has 0 bridgehead atoms. The molecule has 1 fully saturated rings. The molecule has 0 radical (unpaired) electrons. The number of nitrogens with one attached hydrogen (secondary N) is 1. The molecule has 3 rings (SSSR count). The lowest BCUT2D eigenvalue weighted by atomic mass is 9.72. The second kappa shape index (κ2) is 12.4. The van der Waals surface area contributed by atoms with E-state index in [1.165, 1.54) is 4.90 Å². The van der Waals surface area contributed by atoms with Gasteiger partial charge < -0.3 is 19.7 Å². The molecule has 1 aliphatic heterocycles. The minimum atomic E-state index is -0.740. The summed E-state index contributed by atoms with van der Waals surface area (Å²) < 4.78 is 11.7. The van der Waals surface area contributed by atoms with E-state index in [0.717, 1.165) is 16.7 Å². The smallest absolute Gasteiger partial charge is 0.327 e. The molecule has 0 spiro atoms. The number of ether oxygens (including phenoxy) is 2. The molecule has 7 heteroatoms. The van der Waals surface area contributed by atoms with Gasteiger partial charge >= 0.3 is 6.03 Å². The Labute approximate surface area is 221 Å². The van der Waals surface area contributed by atoms with Gasteiger partial charge in [0.05, 0.1) is 18.7 Å². The number of likely N-dealkylation sites (tertiary alicyclic amines) is 1. The quantitative estimate of drug-likeness (QED) is 0.298. The standard InChI is InChI=1S/C30H41N3O4/c1-8-11-25(22-14-12-21(4)13-15-22)31-29(35)33-27(34)30(9-2,10-3)28(33)37-24-18-16-23(17-19-24)26(20-36-7)32(5)6/h8,12-19,25-26,28H,1,9-11,20H2,2-7H3,(H,31,35)/t25-,26-,28+/m1/s1. The maximum Gasteiger partial charge on any atom is 0.327 e. The predicted molar refractivity (Wildman–Crippen MR) is 146 cm³/mol. The van der Waals surface area contributed by atoms with Crippen LogP contribution in [0, 0.1) is 12.3 Å². The van der Waals surface area contributed by atoms with Crippen LogP contribution < -0.4 is 10.1 Å². The van der Waals surface area contributed by atoms with Gasteiger partial charge in [-0.05, 0) is 63.5 Å². The molecule has 0 unspecified atom stereocenters. The third-order valence-corrected chi connectivity index (χ3v) is 7.47. The number of nitrogens with zero attached hydrogens (tertiary/aromatic N) is 2. The number of β-lactam (4-membered cyclic amide) rings is 1. The molecule has 3 amide bonds. The molecule has 1 saturated heterocycles. The number of carbonyl (C=O) groups excluding carboxylic acids is 2. The number of hydrogen-bond acceptors (Lipinski definition) is 5. The van der Waals surface area contributed by atoms with Crippen molar-refractivity contribution in [3.63, 3.8) is 0 Å². The number of aryl methyl sites for hydroxylation is 1. The Morgan fingerprint density at radius 3 is 2.22 bits per heavy atom. The molecule has 0 saturated carbocycles. The van der Waals surface area contributed by atoms with Crippen molar-refractivity contribution in [1.82, 2.24) is 15.1 Å². The Morgan fingerprint density at radius 2 is 1.70 bits per heavy atom. The minimum absolute atomic E-state index is 0.112. The molecule has 0 aromatic heterocycles. The molecule has 3 atom stereocenters. The number of hydrogen-bond donors (Lipinski definition) is 1. The molecule has 2 aromatic rings. The van der Waals surface area contributed by atoms with Crippen LogP contribution in [0.15, 0.2) is 61.2 Å². The number of urea groups is 1. The summed E-state index contributed by atoms with van der Waals surface area (Å²) in [6, 6.07) is 15.1. The third kappa shape index (κ3) is 5.89. The van der Waals surface area contributed by atoms with E-state index in [4.69, 9.17) is 9.47 Å². The van der Waals surface area contributed by atoms with Gasteiger partial charge in [0.1, 0.15) is 11.2 Å². The summed E-state index contributed by atoms with van der Waals surface area (Å²) in [5.41, 5.74) is 2.46. The summed E-state index contributed by atoms with van der Waals surface area (Å²) in [7, 11) is 5.71. The second-order valence-corrected chi connectivity index (χ2v) is 9.95. The van der Waals surface area contributed by atoms with Crippen molar-refractivity contribution >= 4 is 11.9 Å². The van der Waals surface area contributed by atoms with Gasteiger partial charge in [0.15, 0.2) is 6.23 Å². The molecule has 0 aliphatic carbocycles. The van der Waals surface area contributed by atoms with Crippen LogP contribution in [0.4, 0.5) is 4.79 Å². The molecule has 1 heterocycles. The number of imide groups is 1. The molecule has 37 heavy (non-hydrogen) atoms. The molecular weight excluding hydrogens is 466 g/mol. The van der Waals surface area contributed by atoms with E-state index >= 15 is 0 Å². The first kappa shape index (κ1) is 28.4. The first-order chi connectivity index (χ1) is 17.7. The zero-order valence-electron chi connectivity index (χ0n) is 23.0. The number of carbonyl (C=O) groups is 2. The van der Waals surface area contributed by atoms with Crippen LogP contribution in [0.3, 0.4) is 0 Å². The van der Waals surface area contributed by atoms with Crippen LogP contribution in [-0.2, 0) is 9.53 Å². The molecule has 200 valence electrons. The lowest BCUT2D eigenvalue weighted by molar-refractivity contribution is -0.191. The van der Waals surface area contributed by atoms with Gasteiger partial charge in [-0.1, -0.05) is 61.9 Å². The minimum Gasteiger partial charge on any atom is -0.469 e. The van der Waals surface area contributed by atoms with E-state index < -0.39 is 17.7 Å². The average molecular weight is 508 g/mol. The van der Waals surface area contributed by atoms with Gasteiger partial charge in [-0.2, -0.15) is 0 Å². The third-order valence-electron chi connectivity index (χ3n) is 7.47. The topological polar surface area (TPSA) is 71.1 Å². The monoisotopic (exact) mass is 507 g/mol. The average Bonchev–Trinajstić information content (AvgIpc) is 2.88. The van der Waals surface area contributed by atoms with Crippen LogP contribution in [0.5, 0.6) is 5.75 Å². The van der Waals surface area contributed by atoms with Crippen LogP contribution >= 0.6 is 0 Å². The van der Waals surface area contributed by atoms with Crippen molar-refractivity contribution in [3.8, 4) is 5.75 Å². The van der Waals surface area contributed by atoms with E-state index in [1.807, 2.05) is 83.4 Å². The Bertz CT molecular complexity index is 1060. The molecule has 1 N–H and O–H groups in total. The maximum absolute atomic E-state index is 13.4. The maximum atomic E-state index is 13.4. The number of rotatable bonds is 12. The van der Waals surface area contributed by atoms with Crippen molar-refractivity contribution in [2.45, 2.75) is 58.3 Å². The summed E-state index contributed by atoms with van der Waals surface area (Å²) in [5.74, 6) is 0.409. The number of benzene rings is 2. The van der Waals surface area contributed by atoms with Crippen LogP contribution in [0.2, 0.25) is 0 Å². The zero-order chi connectivity index (χ0) is 27.2. The normalized spacial score (nSPS) is 18.2. The van der Waals surface area contributed by atoms with Crippen LogP contribution in [0.1, 0.15) is 61.9 Å². The fraction of sp³-hybridized carbons (Fsp3) is 0.467. The van der Waals surface area contributed by atoms with Crippen molar-refractivity contribution in [2.24, 2.45) is 5.41 Å². The molecular formula is C30H41N3O4. The highest BCUT2D eigenvalue weighted by Crippen LogP contribution is 2.46. The summed E-state index contributed by atoms with van der Waals surface area (Å²) in [5, 5.41) is 3.03. The number of amides is 3. The first-order valence-electron chi connectivity index (χ1n) is 13.0. The zero-order valence-corrected chi connectivity index (χ0v) is 23.0. The Morgan fingerprint density at radius 1 is 1.11 bits per heavy atom. The summed E-state index contributed by atoms with van der Waals surface area (Å²) in [6.07, 6.45) is 2.79. The van der Waals surface area contributed by atoms with Gasteiger partial charge in [-0.3, -0.25) is 4.79 Å². The van der Waals surface area contributed by atoms with E-state index in [0.29, 0.717) is 31.6 Å². The first-order valence-corrected chi connectivity index (χ1v) is 13.0. The summed E-state index contributed by atoms with van der Waals surface area (Å²) >= 11 is 0. The van der Waals surface area contributed by atoms with Gasteiger partial charge in [0, 0.05) is 7.11 Å². The van der Waals surface area contributed by atoms with Crippen molar-refractivity contribution in [1.29, 1.82) is 0 Å². The summed E-state index contributed by atoms with van der Waals surface area (Å²) in [6.45, 7) is 10.4. The molecule has 7 nitrogen and oxygen atoms in total. The highest BCUT2D eigenvalue weighted by molar-refractivity contribution is 6.03. The lowest BCUT2D eigenvalue weighted by Gasteiger charge is -2.53. The highest BCUT2D eigenvalue weighted by Gasteiger charge is 2.63. The van der Waals surface area contributed by atoms with E-state index in [1.54, 1.807) is 13.2 Å². The largest absolute Gasteiger partial charge is 0.469 e. The van der Waals surface area contributed by atoms with Gasteiger partial charge in [0.2, 0.25) is 5.91 Å². The highest BCUT2D eigenvalue weighted by atomic mass is 16.5. The Balaban J connectivity index is 1.82. The fourth-order valence-corrected chi connectivity index (χ4v) is 4.96. The van der Waals surface area contributed by atoms with Crippen molar-refractivity contribution < 1.29 is 19.1 Å². The van der Waals surface area contributed by atoms with Crippen LogP contribution in [0.25, 0.3) is 0 Å². The number of methoxy groups -OCH3 is 1. The SMILES string of the molecule is C=CC[C@@H](NC(=O)N1C(=O)C(CC)(CC)[C@@H]1Oc1ccc([C@@H](COC)N(C)C)cc1)c1ccc(C)cc1. The van der Waals surface area contributed by atoms with Crippen molar-refractivity contribution in [2.75, 3.05) is 27.8 Å². The molecule has 2 aromatic carbocycles. The van der Waals surface area contributed by atoms with Gasteiger partial charge in [-0.25, -0.2) is 9.69 Å². The lowest BCUT2D eigenvalue weighted by Crippen LogP contribution is -2.73.